The molecule has 1 aliphatic carbocycles. The van der Waals surface area contributed by atoms with Gasteiger partial charge in [0.05, 0.1) is 12.1 Å². The fraction of sp³-hybridized carbons (Fsp3) is 0.500. The number of halogens is 2. The first-order chi connectivity index (χ1) is 9.94. The second kappa shape index (κ2) is 6.49. The van der Waals surface area contributed by atoms with Crippen molar-refractivity contribution in [2.24, 2.45) is 5.73 Å². The lowest BCUT2D eigenvalue weighted by Crippen LogP contribution is -2.58. The van der Waals surface area contributed by atoms with Crippen molar-refractivity contribution in [1.29, 1.82) is 0 Å². The molecule has 0 heterocycles. The summed E-state index contributed by atoms with van der Waals surface area (Å²) < 4.78 is 17.9. The number of nitrogens with one attached hydrogen (secondary N) is 2. The molecular weight excluding hydrogens is 297 g/mol. The van der Waals surface area contributed by atoms with Crippen LogP contribution in [-0.4, -0.2) is 24.9 Å². The van der Waals surface area contributed by atoms with Crippen molar-refractivity contribution >= 4 is 23.4 Å². The molecule has 21 heavy (non-hydrogen) atoms. The fourth-order valence-electron chi connectivity index (χ4n) is 2.67. The summed E-state index contributed by atoms with van der Waals surface area (Å²) >= 11 is 5.79. The molecule has 2 rings (SSSR count). The van der Waals surface area contributed by atoms with Gasteiger partial charge in [-0.15, -0.1) is 0 Å². The molecule has 0 aromatic heterocycles. The van der Waals surface area contributed by atoms with Gasteiger partial charge in [-0.2, -0.15) is 0 Å². The van der Waals surface area contributed by atoms with Crippen molar-refractivity contribution in [3.8, 4) is 0 Å². The first-order valence-electron chi connectivity index (χ1n) is 6.79. The molecule has 1 aliphatic rings. The van der Waals surface area contributed by atoms with Crippen LogP contribution in [-0.2, 0) is 4.74 Å². The lowest BCUT2D eigenvalue weighted by Gasteiger charge is -2.41. The summed E-state index contributed by atoms with van der Waals surface area (Å²) in [6, 6.07) is 4.30. The van der Waals surface area contributed by atoms with E-state index in [1.54, 1.807) is 6.07 Å². The molecule has 0 bridgehead atoms. The molecule has 1 aromatic carbocycles. The first-order valence-corrected chi connectivity index (χ1v) is 7.17. The number of ether oxygens (including phenoxy) is 1. The zero-order chi connectivity index (χ0) is 15.5. The van der Waals surface area contributed by atoms with E-state index in [1.165, 1.54) is 19.2 Å². The van der Waals surface area contributed by atoms with E-state index in [9.17, 15) is 9.18 Å². The number of amides is 1. The van der Waals surface area contributed by atoms with Crippen LogP contribution in [0.5, 0.6) is 0 Å². The van der Waals surface area contributed by atoms with Gasteiger partial charge < -0.3 is 15.8 Å². The summed E-state index contributed by atoms with van der Waals surface area (Å²) in [4.78, 5) is 11.6. The van der Waals surface area contributed by atoms with E-state index >= 15 is 0 Å². The molecule has 5 nitrogen and oxygen atoms in total. The zero-order valence-electron chi connectivity index (χ0n) is 11.8. The average molecular weight is 316 g/mol. The first kappa shape index (κ1) is 15.9. The highest BCUT2D eigenvalue weighted by Gasteiger charge is 2.37. The van der Waals surface area contributed by atoms with Gasteiger partial charge in [-0.05, 0) is 37.5 Å². The molecule has 2 unspecified atom stereocenters. The van der Waals surface area contributed by atoms with Crippen LogP contribution in [0.15, 0.2) is 18.2 Å². The van der Waals surface area contributed by atoms with E-state index in [4.69, 9.17) is 17.3 Å². The number of carbonyl (C=O) groups excluding carboxylic acids is 1. The van der Waals surface area contributed by atoms with Gasteiger partial charge in [-0.25, -0.2) is 9.18 Å². The Kier molecular flexibility index (Phi) is 4.90. The van der Waals surface area contributed by atoms with Gasteiger partial charge in [-0.1, -0.05) is 11.6 Å². The maximum Gasteiger partial charge on any atom is 0.408 e. The Hall–Kier alpha value is -1.53. The number of hydrogen-bond acceptors (Lipinski definition) is 4. The van der Waals surface area contributed by atoms with E-state index in [0.717, 1.165) is 12.8 Å². The van der Waals surface area contributed by atoms with Crippen molar-refractivity contribution in [2.45, 2.75) is 37.4 Å². The van der Waals surface area contributed by atoms with Crippen molar-refractivity contribution in [1.82, 2.24) is 5.32 Å². The minimum absolute atomic E-state index is 0.0216. The van der Waals surface area contributed by atoms with Crippen molar-refractivity contribution in [3.63, 3.8) is 0 Å². The van der Waals surface area contributed by atoms with Gasteiger partial charge in [0.1, 0.15) is 11.5 Å². The highest BCUT2D eigenvalue weighted by atomic mass is 35.5. The van der Waals surface area contributed by atoms with E-state index in [1.807, 2.05) is 0 Å². The van der Waals surface area contributed by atoms with Crippen LogP contribution in [0.1, 0.15) is 25.7 Å². The van der Waals surface area contributed by atoms with Gasteiger partial charge in [0.2, 0.25) is 0 Å². The Bertz CT molecular complexity index is 529. The van der Waals surface area contributed by atoms with Crippen LogP contribution in [0, 0.1) is 5.82 Å². The summed E-state index contributed by atoms with van der Waals surface area (Å²) in [5.74, 6) is -0.488. The standard InChI is InChI=1S/C14H19ClFN3O2/c1-21-13(20)19-14(6-2-3-9(17)8-14)18-10-4-5-12(16)11(15)7-10/h4-5,7,9,18H,2-3,6,8,17H2,1H3,(H,19,20). The number of methoxy groups -OCH3 is 1. The summed E-state index contributed by atoms with van der Waals surface area (Å²) in [6.07, 6.45) is 2.48. The number of alkyl carbamates (subject to hydrolysis) is 1. The van der Waals surface area contributed by atoms with E-state index in [-0.39, 0.29) is 11.1 Å². The van der Waals surface area contributed by atoms with E-state index in [0.29, 0.717) is 18.5 Å². The van der Waals surface area contributed by atoms with Crippen LogP contribution >= 0.6 is 11.6 Å². The van der Waals surface area contributed by atoms with Gasteiger partial charge >= 0.3 is 6.09 Å². The Balaban J connectivity index is 2.22. The summed E-state index contributed by atoms with van der Waals surface area (Å²) in [6.45, 7) is 0. The quantitative estimate of drug-likeness (QED) is 0.750. The molecule has 1 saturated carbocycles. The van der Waals surface area contributed by atoms with Gasteiger partial charge in [-0.3, -0.25) is 5.32 Å². The maximum atomic E-state index is 13.2. The van der Waals surface area contributed by atoms with Crippen LogP contribution in [0.25, 0.3) is 0 Å². The van der Waals surface area contributed by atoms with Gasteiger partial charge in [0.15, 0.2) is 0 Å². The second-order valence-corrected chi connectivity index (χ2v) is 5.72. The minimum atomic E-state index is -0.716. The van der Waals surface area contributed by atoms with Crippen LogP contribution < -0.4 is 16.4 Å². The molecule has 116 valence electrons. The summed E-state index contributed by atoms with van der Waals surface area (Å²) in [5.41, 5.74) is 5.92. The topological polar surface area (TPSA) is 76.4 Å². The lowest BCUT2D eigenvalue weighted by molar-refractivity contribution is 0.147. The van der Waals surface area contributed by atoms with Gasteiger partial charge in [0, 0.05) is 18.2 Å². The molecule has 0 saturated heterocycles. The molecule has 1 aromatic rings. The molecule has 1 fully saturated rings. The average Bonchev–Trinajstić information content (AvgIpc) is 2.42. The van der Waals surface area contributed by atoms with E-state index in [2.05, 4.69) is 15.4 Å². The monoisotopic (exact) mass is 315 g/mol. The number of benzene rings is 1. The largest absolute Gasteiger partial charge is 0.453 e. The zero-order valence-corrected chi connectivity index (χ0v) is 12.5. The molecule has 0 spiro atoms. The molecule has 2 atom stereocenters. The third kappa shape index (κ3) is 3.98. The molecule has 4 N–H and O–H groups in total. The molecule has 7 heteroatoms. The molecule has 0 radical (unpaired) electrons. The smallest absolute Gasteiger partial charge is 0.408 e. The summed E-state index contributed by atoms with van der Waals surface area (Å²) in [7, 11) is 1.31. The Morgan fingerprint density at radius 3 is 2.95 bits per heavy atom. The number of nitrogens with two attached hydrogens (primary N) is 1. The van der Waals surface area contributed by atoms with Crippen LogP contribution in [0.2, 0.25) is 5.02 Å². The Morgan fingerprint density at radius 1 is 1.57 bits per heavy atom. The highest BCUT2D eigenvalue weighted by Crippen LogP contribution is 2.30. The summed E-state index contributed by atoms with van der Waals surface area (Å²) in [5, 5.41) is 6.04. The molecular formula is C14H19ClFN3O2. The fourth-order valence-corrected chi connectivity index (χ4v) is 2.85. The highest BCUT2D eigenvalue weighted by molar-refractivity contribution is 6.31. The Morgan fingerprint density at radius 2 is 2.33 bits per heavy atom. The predicted octanol–water partition coefficient (Wildman–Crippen LogP) is 2.84. The molecule has 0 aliphatic heterocycles. The van der Waals surface area contributed by atoms with Crippen LogP contribution in [0.4, 0.5) is 14.9 Å². The predicted molar refractivity (Wildman–Crippen MR) is 79.7 cm³/mol. The second-order valence-electron chi connectivity index (χ2n) is 5.31. The third-order valence-corrected chi connectivity index (χ3v) is 3.91. The Labute approximate surface area is 128 Å². The minimum Gasteiger partial charge on any atom is -0.453 e. The van der Waals surface area contributed by atoms with Crippen molar-refractivity contribution in [3.05, 3.63) is 29.0 Å². The van der Waals surface area contributed by atoms with Crippen molar-refractivity contribution in [2.75, 3.05) is 12.4 Å². The maximum absolute atomic E-state index is 13.2. The number of rotatable bonds is 3. The van der Waals surface area contributed by atoms with Crippen molar-refractivity contribution < 1.29 is 13.9 Å². The third-order valence-electron chi connectivity index (χ3n) is 3.62. The molecule has 1 amide bonds. The number of anilines is 1. The van der Waals surface area contributed by atoms with E-state index < -0.39 is 17.6 Å². The number of hydrogen-bond donors (Lipinski definition) is 3. The van der Waals surface area contributed by atoms with Crippen LogP contribution in [0.3, 0.4) is 0 Å². The lowest BCUT2D eigenvalue weighted by atomic mass is 9.85. The SMILES string of the molecule is COC(=O)NC1(Nc2ccc(F)c(Cl)c2)CCCC(N)C1. The van der Waals surface area contributed by atoms with Gasteiger partial charge in [0.25, 0.3) is 0 Å². The number of carbonyl (C=O) groups is 1. The normalized spacial score (nSPS) is 25.2.